The number of benzene rings is 1. The number of rotatable bonds is 8. The summed E-state index contributed by atoms with van der Waals surface area (Å²) in [6.45, 7) is 3.66. The van der Waals surface area contributed by atoms with Crippen molar-refractivity contribution in [2.45, 2.75) is 32.5 Å². The van der Waals surface area contributed by atoms with Gasteiger partial charge in [0.15, 0.2) is 5.69 Å². The van der Waals surface area contributed by atoms with Crippen LogP contribution in [0.3, 0.4) is 0 Å². The van der Waals surface area contributed by atoms with Crippen molar-refractivity contribution in [1.29, 1.82) is 0 Å². The highest BCUT2D eigenvalue weighted by molar-refractivity contribution is 7.13. The van der Waals surface area contributed by atoms with E-state index in [2.05, 4.69) is 20.6 Å². The number of amides is 2. The Morgan fingerprint density at radius 1 is 1.20 bits per heavy atom. The van der Waals surface area contributed by atoms with E-state index in [1.165, 1.54) is 24.5 Å². The lowest BCUT2D eigenvalue weighted by atomic mass is 9.99. The van der Waals surface area contributed by atoms with E-state index in [4.69, 9.17) is 0 Å². The van der Waals surface area contributed by atoms with Crippen LogP contribution in [0.4, 0.5) is 23.8 Å². The van der Waals surface area contributed by atoms with Crippen molar-refractivity contribution >= 4 is 40.1 Å². The molecule has 4 aromatic rings. The molecule has 3 heterocycles. The smallest absolute Gasteiger partial charge is 0.434 e. The van der Waals surface area contributed by atoms with Crippen LogP contribution in [-0.2, 0) is 6.18 Å². The van der Waals surface area contributed by atoms with E-state index < -0.39 is 34.9 Å². The molecule has 0 aliphatic rings. The summed E-state index contributed by atoms with van der Waals surface area (Å²) in [6, 6.07) is 5.14. The molecule has 0 spiro atoms. The minimum atomic E-state index is -4.67. The largest absolute Gasteiger partial charge is 0.477 e. The molecule has 40 heavy (non-hydrogen) atoms. The minimum Gasteiger partial charge on any atom is -0.477 e. The number of carboxylic acids is 1. The molecule has 2 amide bonds. The van der Waals surface area contributed by atoms with E-state index in [0.29, 0.717) is 29.6 Å². The average Bonchev–Trinajstić information content (AvgIpc) is 3.40. The molecule has 3 aromatic heterocycles. The Bertz CT molecular complexity index is 1650. The first kappa shape index (κ1) is 28.7. The van der Waals surface area contributed by atoms with Gasteiger partial charge in [0, 0.05) is 53.5 Å². The maximum atomic E-state index is 13.3. The standard InChI is InChI=1S/C26H24F3N5O5S/c1-3-30-25(39)33-21-9-15(23-32-20(12-40-23)26(27,28)29)17(10-31-21)14-4-5-19-16(8-14)22(36)18(24(37)38)11-34(19)13(2)6-7-35/h4-5,8-13,35H,3,6-7H2,1-2H3,(H,37,38)(H2,30,31,33,39)/t13-/m1/s1. The zero-order valence-electron chi connectivity index (χ0n) is 21.2. The van der Waals surface area contributed by atoms with Gasteiger partial charge in [0.25, 0.3) is 0 Å². The Morgan fingerprint density at radius 3 is 2.58 bits per heavy atom. The highest BCUT2D eigenvalue weighted by Crippen LogP contribution is 2.39. The van der Waals surface area contributed by atoms with Gasteiger partial charge < -0.3 is 20.1 Å². The molecule has 0 aliphatic heterocycles. The van der Waals surface area contributed by atoms with Crippen molar-refractivity contribution in [1.82, 2.24) is 19.9 Å². The number of thiazole rings is 1. The third kappa shape index (κ3) is 5.82. The molecule has 210 valence electrons. The SMILES string of the molecule is CCNC(=O)Nc1cc(-c2nc(C(F)(F)F)cs2)c(-c2ccc3c(c2)c(=O)c(C(=O)O)cn3[C@H](C)CCO)cn1. The molecule has 10 nitrogen and oxygen atoms in total. The number of anilines is 1. The van der Waals surface area contributed by atoms with E-state index in [9.17, 15) is 37.8 Å². The topological polar surface area (TPSA) is 146 Å². The summed E-state index contributed by atoms with van der Waals surface area (Å²) in [5.41, 5.74) is -0.995. The van der Waals surface area contributed by atoms with Crippen LogP contribution in [-0.4, -0.2) is 49.9 Å². The molecular formula is C26H24F3N5O5S. The number of carbonyl (C=O) groups is 2. The van der Waals surface area contributed by atoms with Gasteiger partial charge >= 0.3 is 18.2 Å². The first-order valence-corrected chi connectivity index (χ1v) is 12.9. The van der Waals surface area contributed by atoms with Crippen molar-refractivity contribution in [2.24, 2.45) is 0 Å². The van der Waals surface area contributed by atoms with Crippen LogP contribution in [0.5, 0.6) is 0 Å². The van der Waals surface area contributed by atoms with Crippen LogP contribution in [0.25, 0.3) is 32.6 Å². The summed E-state index contributed by atoms with van der Waals surface area (Å²) in [4.78, 5) is 45.0. The number of pyridine rings is 2. The Balaban J connectivity index is 1.94. The predicted octanol–water partition coefficient (Wildman–Crippen LogP) is 4.99. The number of nitrogens with zero attached hydrogens (tertiary/aromatic N) is 3. The Kier molecular flexibility index (Phi) is 8.21. The number of nitrogens with one attached hydrogen (secondary N) is 2. The van der Waals surface area contributed by atoms with Crippen molar-refractivity contribution < 1.29 is 33.0 Å². The number of hydrogen-bond acceptors (Lipinski definition) is 7. The second kappa shape index (κ2) is 11.4. The second-order valence-electron chi connectivity index (χ2n) is 8.81. The molecule has 0 unspecified atom stereocenters. The number of halogens is 3. The van der Waals surface area contributed by atoms with Crippen LogP contribution in [0.2, 0.25) is 0 Å². The summed E-state index contributed by atoms with van der Waals surface area (Å²) in [7, 11) is 0. The molecule has 4 N–H and O–H groups in total. The lowest BCUT2D eigenvalue weighted by Gasteiger charge is -2.19. The monoisotopic (exact) mass is 575 g/mol. The predicted molar refractivity (Wildman–Crippen MR) is 144 cm³/mol. The molecule has 0 saturated carbocycles. The van der Waals surface area contributed by atoms with Gasteiger partial charge in [0.1, 0.15) is 16.4 Å². The van der Waals surface area contributed by atoms with Crippen molar-refractivity contribution in [3.8, 4) is 21.7 Å². The number of urea groups is 1. The van der Waals surface area contributed by atoms with Crippen molar-refractivity contribution in [3.63, 3.8) is 0 Å². The summed E-state index contributed by atoms with van der Waals surface area (Å²) < 4.78 is 41.6. The number of hydrogen-bond donors (Lipinski definition) is 4. The highest BCUT2D eigenvalue weighted by atomic mass is 32.1. The van der Waals surface area contributed by atoms with Crippen molar-refractivity contribution in [3.05, 3.63) is 63.5 Å². The summed E-state index contributed by atoms with van der Waals surface area (Å²) >= 11 is 0.747. The third-order valence-electron chi connectivity index (χ3n) is 6.10. The van der Waals surface area contributed by atoms with Gasteiger partial charge in [-0.05, 0) is 44.0 Å². The van der Waals surface area contributed by atoms with Crippen LogP contribution in [0.1, 0.15) is 42.4 Å². The molecule has 14 heteroatoms. The van der Waals surface area contributed by atoms with Gasteiger partial charge in [-0.2, -0.15) is 13.2 Å². The van der Waals surface area contributed by atoms with Gasteiger partial charge in [-0.3, -0.25) is 10.1 Å². The summed E-state index contributed by atoms with van der Waals surface area (Å²) in [6.07, 6.45) is -1.80. The normalized spacial score (nSPS) is 12.3. The van der Waals surface area contributed by atoms with E-state index in [1.54, 1.807) is 30.5 Å². The van der Waals surface area contributed by atoms with Gasteiger partial charge in [-0.15, -0.1) is 11.3 Å². The maximum Gasteiger partial charge on any atom is 0.434 e. The third-order valence-corrected chi connectivity index (χ3v) is 6.98. The molecular weight excluding hydrogens is 551 g/mol. The van der Waals surface area contributed by atoms with Crippen LogP contribution < -0.4 is 16.1 Å². The molecule has 0 aliphatic carbocycles. The number of carbonyl (C=O) groups excluding carboxylic acids is 1. The summed E-state index contributed by atoms with van der Waals surface area (Å²) in [5.74, 6) is -1.37. The molecule has 0 saturated heterocycles. The van der Waals surface area contributed by atoms with Crippen LogP contribution in [0.15, 0.2) is 46.8 Å². The molecule has 1 aromatic carbocycles. The Morgan fingerprint density at radius 2 is 1.95 bits per heavy atom. The quantitative estimate of drug-likeness (QED) is 0.232. The number of aromatic nitrogens is 3. The highest BCUT2D eigenvalue weighted by Gasteiger charge is 2.34. The number of aliphatic hydroxyl groups excluding tert-OH is 1. The van der Waals surface area contributed by atoms with Crippen LogP contribution >= 0.6 is 11.3 Å². The lowest BCUT2D eigenvalue weighted by Crippen LogP contribution is -2.28. The molecule has 4 rings (SSSR count). The number of alkyl halides is 3. The van der Waals surface area contributed by atoms with Crippen molar-refractivity contribution in [2.75, 3.05) is 18.5 Å². The first-order valence-electron chi connectivity index (χ1n) is 12.1. The van der Waals surface area contributed by atoms with Gasteiger partial charge in [-0.1, -0.05) is 6.07 Å². The second-order valence-corrected chi connectivity index (χ2v) is 9.67. The van der Waals surface area contributed by atoms with E-state index in [1.807, 2.05) is 0 Å². The fourth-order valence-corrected chi connectivity index (χ4v) is 5.00. The molecule has 1 atom stereocenters. The average molecular weight is 576 g/mol. The van der Waals surface area contributed by atoms with Crippen LogP contribution in [0, 0.1) is 0 Å². The number of aromatic carboxylic acids is 1. The minimum absolute atomic E-state index is 0.00274. The zero-order chi connectivity index (χ0) is 29.2. The number of fused-ring (bicyclic) bond motifs is 1. The lowest BCUT2D eigenvalue weighted by molar-refractivity contribution is -0.140. The number of aliphatic hydroxyl groups is 1. The van der Waals surface area contributed by atoms with Gasteiger partial charge in [-0.25, -0.2) is 19.6 Å². The van der Waals surface area contributed by atoms with E-state index in [-0.39, 0.29) is 34.4 Å². The number of carboxylic acid groups (broad SMARTS) is 1. The van der Waals surface area contributed by atoms with E-state index in [0.717, 1.165) is 16.7 Å². The van der Waals surface area contributed by atoms with Gasteiger partial charge in [0.2, 0.25) is 5.43 Å². The maximum absolute atomic E-state index is 13.3. The molecule has 0 bridgehead atoms. The molecule has 0 fully saturated rings. The van der Waals surface area contributed by atoms with Gasteiger partial charge in [0.05, 0.1) is 5.52 Å². The Hall–Kier alpha value is -4.30. The fraction of sp³-hybridized carbons (Fsp3) is 0.269. The van der Waals surface area contributed by atoms with E-state index >= 15 is 0 Å². The molecule has 0 radical (unpaired) electrons. The zero-order valence-corrected chi connectivity index (χ0v) is 22.1. The first-order chi connectivity index (χ1) is 18.9. The Labute approximate surface area is 229 Å². The summed E-state index contributed by atoms with van der Waals surface area (Å²) in [5, 5.41) is 25.0. The fourth-order valence-electron chi connectivity index (χ4n) is 4.15.